The molecule has 3 unspecified atom stereocenters. The van der Waals surface area contributed by atoms with Crippen molar-refractivity contribution in [3.63, 3.8) is 0 Å². The van der Waals surface area contributed by atoms with Crippen LogP contribution in [0.3, 0.4) is 0 Å². The lowest BCUT2D eigenvalue weighted by atomic mass is 9.84. The second-order valence-electron chi connectivity index (χ2n) is 6.96. The van der Waals surface area contributed by atoms with Gasteiger partial charge in [-0.05, 0) is 31.6 Å². The van der Waals surface area contributed by atoms with Crippen LogP contribution in [0.5, 0.6) is 0 Å². The highest BCUT2D eigenvalue weighted by Crippen LogP contribution is 2.34. The molecule has 0 aromatic carbocycles. The highest BCUT2D eigenvalue weighted by molar-refractivity contribution is 5.89. The summed E-state index contributed by atoms with van der Waals surface area (Å²) in [6.45, 7) is 2.91. The van der Waals surface area contributed by atoms with Crippen molar-refractivity contribution in [2.45, 2.75) is 64.0 Å². The number of likely N-dealkylation sites (tertiary alicyclic amines) is 1. The Balaban J connectivity index is 1.61. The molecule has 0 N–H and O–H groups in total. The van der Waals surface area contributed by atoms with Crippen molar-refractivity contribution in [2.75, 3.05) is 13.6 Å². The summed E-state index contributed by atoms with van der Waals surface area (Å²) in [6, 6.07) is 0.820. The van der Waals surface area contributed by atoms with Gasteiger partial charge in [-0.2, -0.15) is 0 Å². The molecule has 3 rings (SSSR count). The molecule has 4 nitrogen and oxygen atoms in total. The summed E-state index contributed by atoms with van der Waals surface area (Å²) in [4.78, 5) is 28.6. The first-order valence-corrected chi connectivity index (χ1v) is 8.14. The molecule has 2 aliphatic carbocycles. The van der Waals surface area contributed by atoms with Crippen LogP contribution in [-0.2, 0) is 9.59 Å². The molecule has 20 heavy (non-hydrogen) atoms. The topological polar surface area (TPSA) is 40.6 Å². The normalized spacial score (nSPS) is 34.4. The predicted octanol–water partition coefficient (Wildman–Crippen LogP) is 2.03. The molecule has 2 amide bonds. The molecule has 0 bridgehead atoms. The summed E-state index contributed by atoms with van der Waals surface area (Å²) in [7, 11) is 1.94. The van der Waals surface area contributed by atoms with Gasteiger partial charge in [-0.15, -0.1) is 0 Å². The van der Waals surface area contributed by atoms with Gasteiger partial charge in [0, 0.05) is 32.1 Å². The van der Waals surface area contributed by atoms with Gasteiger partial charge in [0.05, 0.1) is 5.92 Å². The fraction of sp³-hybridized carbons (Fsp3) is 0.875. The third-order valence-electron chi connectivity index (χ3n) is 5.41. The minimum Gasteiger partial charge on any atom is -0.342 e. The quantitative estimate of drug-likeness (QED) is 0.792. The molecule has 3 fully saturated rings. The van der Waals surface area contributed by atoms with E-state index in [1.807, 2.05) is 16.8 Å². The van der Waals surface area contributed by atoms with E-state index in [9.17, 15) is 9.59 Å². The zero-order valence-corrected chi connectivity index (χ0v) is 12.7. The first-order valence-electron chi connectivity index (χ1n) is 8.14. The van der Waals surface area contributed by atoms with Crippen LogP contribution >= 0.6 is 0 Å². The monoisotopic (exact) mass is 278 g/mol. The average molecular weight is 278 g/mol. The smallest absolute Gasteiger partial charge is 0.227 e. The summed E-state index contributed by atoms with van der Waals surface area (Å²) in [5, 5.41) is 0. The van der Waals surface area contributed by atoms with E-state index in [2.05, 4.69) is 6.92 Å². The molecular formula is C16H26N2O2. The van der Waals surface area contributed by atoms with Crippen LogP contribution in [0.15, 0.2) is 0 Å². The van der Waals surface area contributed by atoms with Gasteiger partial charge in [-0.25, -0.2) is 0 Å². The number of hydrogen-bond acceptors (Lipinski definition) is 2. The Bertz CT molecular complexity index is 405. The van der Waals surface area contributed by atoms with E-state index >= 15 is 0 Å². The van der Waals surface area contributed by atoms with Crippen LogP contribution in [-0.4, -0.2) is 47.3 Å². The molecule has 3 aliphatic rings. The minimum absolute atomic E-state index is 0.0952. The van der Waals surface area contributed by atoms with E-state index < -0.39 is 0 Å². The second kappa shape index (κ2) is 5.38. The molecule has 0 aromatic rings. The molecule has 2 saturated carbocycles. The second-order valence-corrected chi connectivity index (χ2v) is 6.96. The number of rotatable bonds is 3. The Morgan fingerprint density at radius 2 is 1.90 bits per heavy atom. The Hall–Kier alpha value is -1.06. The van der Waals surface area contributed by atoms with Crippen molar-refractivity contribution in [3.05, 3.63) is 0 Å². The molecule has 4 heteroatoms. The van der Waals surface area contributed by atoms with Gasteiger partial charge in [0.25, 0.3) is 0 Å². The van der Waals surface area contributed by atoms with Crippen LogP contribution in [0.4, 0.5) is 0 Å². The van der Waals surface area contributed by atoms with Gasteiger partial charge in [0.15, 0.2) is 0 Å². The lowest BCUT2D eigenvalue weighted by Crippen LogP contribution is -2.45. The maximum absolute atomic E-state index is 12.7. The van der Waals surface area contributed by atoms with E-state index in [0.717, 1.165) is 19.3 Å². The molecule has 1 aliphatic heterocycles. The predicted molar refractivity (Wildman–Crippen MR) is 77.0 cm³/mol. The van der Waals surface area contributed by atoms with Crippen molar-refractivity contribution in [1.29, 1.82) is 0 Å². The van der Waals surface area contributed by atoms with Gasteiger partial charge < -0.3 is 9.80 Å². The molecule has 0 aromatic heterocycles. The maximum atomic E-state index is 12.7. The number of amides is 2. The third kappa shape index (κ3) is 2.57. The lowest BCUT2D eigenvalue weighted by molar-refractivity contribution is -0.138. The van der Waals surface area contributed by atoms with Crippen molar-refractivity contribution < 1.29 is 9.59 Å². The Morgan fingerprint density at radius 1 is 1.20 bits per heavy atom. The standard InChI is InChI=1S/C16H26N2O2/c1-11-5-3-4-6-14(11)17(2)16(20)12-9-15(19)18(10-12)13-7-8-13/h11-14H,3-10H2,1-2H3. The number of carbonyl (C=O) groups is 2. The molecule has 3 atom stereocenters. The van der Waals surface area contributed by atoms with Crippen LogP contribution in [0.2, 0.25) is 0 Å². The zero-order valence-electron chi connectivity index (χ0n) is 12.7. The largest absolute Gasteiger partial charge is 0.342 e. The molecule has 0 radical (unpaired) electrons. The van der Waals surface area contributed by atoms with Gasteiger partial charge >= 0.3 is 0 Å². The molecular weight excluding hydrogens is 252 g/mol. The Morgan fingerprint density at radius 3 is 2.55 bits per heavy atom. The maximum Gasteiger partial charge on any atom is 0.227 e. The van der Waals surface area contributed by atoms with Crippen molar-refractivity contribution in [3.8, 4) is 0 Å². The van der Waals surface area contributed by atoms with Gasteiger partial charge in [0.2, 0.25) is 11.8 Å². The third-order valence-corrected chi connectivity index (χ3v) is 5.41. The first-order chi connectivity index (χ1) is 9.58. The van der Waals surface area contributed by atoms with E-state index in [4.69, 9.17) is 0 Å². The van der Waals surface area contributed by atoms with Crippen molar-refractivity contribution in [2.24, 2.45) is 11.8 Å². The fourth-order valence-electron chi connectivity index (χ4n) is 3.96. The molecule has 1 heterocycles. The van der Waals surface area contributed by atoms with Crippen LogP contribution in [0.1, 0.15) is 51.9 Å². The van der Waals surface area contributed by atoms with Crippen LogP contribution in [0, 0.1) is 11.8 Å². The van der Waals surface area contributed by atoms with Gasteiger partial charge in [-0.1, -0.05) is 19.8 Å². The Labute approximate surface area is 121 Å². The number of nitrogens with zero attached hydrogens (tertiary/aromatic N) is 2. The average Bonchev–Trinajstić information content (AvgIpc) is 3.21. The SMILES string of the molecule is CC1CCCCC1N(C)C(=O)C1CC(=O)N(C2CC2)C1. The first kappa shape index (κ1) is 13.9. The van der Waals surface area contributed by atoms with Crippen molar-refractivity contribution >= 4 is 11.8 Å². The van der Waals surface area contributed by atoms with E-state index in [1.165, 1.54) is 19.3 Å². The van der Waals surface area contributed by atoms with Crippen LogP contribution in [0.25, 0.3) is 0 Å². The van der Waals surface area contributed by atoms with Crippen molar-refractivity contribution in [1.82, 2.24) is 9.80 Å². The fourth-order valence-corrected chi connectivity index (χ4v) is 3.96. The van der Waals surface area contributed by atoms with E-state index in [-0.39, 0.29) is 17.7 Å². The summed E-state index contributed by atoms with van der Waals surface area (Å²) in [6.07, 6.45) is 7.54. The summed E-state index contributed by atoms with van der Waals surface area (Å²) in [5.41, 5.74) is 0. The summed E-state index contributed by atoms with van der Waals surface area (Å²) >= 11 is 0. The van der Waals surface area contributed by atoms with Gasteiger partial charge in [0.1, 0.15) is 0 Å². The molecule has 0 spiro atoms. The molecule has 112 valence electrons. The Kier molecular flexibility index (Phi) is 3.74. The lowest BCUT2D eigenvalue weighted by Gasteiger charge is -2.37. The number of hydrogen-bond donors (Lipinski definition) is 0. The summed E-state index contributed by atoms with van der Waals surface area (Å²) < 4.78 is 0. The minimum atomic E-state index is -0.0952. The highest BCUT2D eigenvalue weighted by atomic mass is 16.2. The van der Waals surface area contributed by atoms with Crippen LogP contribution < -0.4 is 0 Å². The van der Waals surface area contributed by atoms with E-state index in [1.54, 1.807) is 0 Å². The van der Waals surface area contributed by atoms with Gasteiger partial charge in [-0.3, -0.25) is 9.59 Å². The highest BCUT2D eigenvalue weighted by Gasteiger charge is 2.43. The summed E-state index contributed by atoms with van der Waals surface area (Å²) in [5.74, 6) is 0.882. The molecule has 1 saturated heterocycles. The van der Waals surface area contributed by atoms with E-state index in [0.29, 0.717) is 31.0 Å². The number of carbonyl (C=O) groups excluding carboxylic acids is 2. The zero-order chi connectivity index (χ0) is 14.3.